The quantitative estimate of drug-likeness (QED) is 0.773. The van der Waals surface area contributed by atoms with Crippen LogP contribution in [0, 0.1) is 17.3 Å². The van der Waals surface area contributed by atoms with Crippen molar-refractivity contribution in [3.63, 3.8) is 0 Å². The highest BCUT2D eigenvalue weighted by atomic mass is 79.9. The predicted molar refractivity (Wildman–Crippen MR) is 96.7 cm³/mol. The Labute approximate surface area is 150 Å². The van der Waals surface area contributed by atoms with E-state index in [1.54, 1.807) is 0 Å². The van der Waals surface area contributed by atoms with Gasteiger partial charge >= 0.3 is 0 Å². The largest absolute Gasteiger partial charge is 0.369 e. The molecule has 0 saturated heterocycles. The summed E-state index contributed by atoms with van der Waals surface area (Å²) in [5.41, 5.74) is 6.58. The van der Waals surface area contributed by atoms with E-state index in [1.807, 2.05) is 24.3 Å². The number of carbonyl (C=O) groups excluding carboxylic acids is 2. The molecule has 0 aromatic heterocycles. The summed E-state index contributed by atoms with van der Waals surface area (Å²) in [6, 6.07) is 7.46. The van der Waals surface area contributed by atoms with Gasteiger partial charge in [-0.2, -0.15) is 0 Å². The summed E-state index contributed by atoms with van der Waals surface area (Å²) in [7, 11) is 0. The minimum absolute atomic E-state index is 0.123. The second kappa shape index (κ2) is 5.58. The molecular formula is C19H23BrN2O2. The summed E-state index contributed by atoms with van der Waals surface area (Å²) in [6.45, 7) is 0. The maximum Gasteiger partial charge on any atom is 0.230 e. The van der Waals surface area contributed by atoms with Gasteiger partial charge in [0, 0.05) is 10.0 Å². The van der Waals surface area contributed by atoms with Gasteiger partial charge in [0.15, 0.2) is 0 Å². The van der Waals surface area contributed by atoms with Gasteiger partial charge in [0.05, 0.1) is 11.8 Å². The van der Waals surface area contributed by atoms with Crippen molar-refractivity contribution in [2.45, 2.75) is 49.3 Å². The molecule has 5 rings (SSSR count). The Morgan fingerprint density at radius 1 is 1.17 bits per heavy atom. The van der Waals surface area contributed by atoms with E-state index in [-0.39, 0.29) is 28.0 Å². The first-order valence-electron chi connectivity index (χ1n) is 8.74. The minimum Gasteiger partial charge on any atom is -0.369 e. The molecule has 4 saturated carbocycles. The first-order chi connectivity index (χ1) is 11.4. The second-order valence-corrected chi connectivity index (χ2v) is 9.83. The molecule has 0 radical (unpaired) electrons. The highest BCUT2D eigenvalue weighted by Gasteiger charge is 2.59. The highest BCUT2D eigenvalue weighted by Crippen LogP contribution is 2.64. The summed E-state index contributed by atoms with van der Waals surface area (Å²) in [6.07, 6.45) is 6.77. The number of nitrogens with one attached hydrogen (secondary N) is 1. The topological polar surface area (TPSA) is 72.2 Å². The zero-order chi connectivity index (χ0) is 16.9. The normalized spacial score (nSPS) is 36.5. The third kappa shape index (κ3) is 2.77. The molecular weight excluding hydrogens is 368 g/mol. The van der Waals surface area contributed by atoms with Crippen molar-refractivity contribution in [3.8, 4) is 0 Å². The Kier molecular flexibility index (Phi) is 3.75. The van der Waals surface area contributed by atoms with E-state index >= 15 is 0 Å². The van der Waals surface area contributed by atoms with E-state index in [0.717, 1.165) is 30.5 Å². The number of benzene rings is 1. The molecule has 0 heterocycles. The third-order valence-corrected chi connectivity index (χ3v) is 7.03. The molecule has 4 nitrogen and oxygen atoms in total. The van der Waals surface area contributed by atoms with Crippen LogP contribution in [0.1, 0.15) is 44.1 Å². The molecule has 2 atom stereocenters. The fourth-order valence-electron chi connectivity index (χ4n) is 5.66. The number of anilines is 1. The number of halogens is 1. The van der Waals surface area contributed by atoms with Crippen molar-refractivity contribution in [1.29, 1.82) is 0 Å². The molecule has 2 amide bonds. The maximum absolute atomic E-state index is 13.2. The molecule has 3 N–H and O–H groups in total. The number of alkyl halides is 1. The summed E-state index contributed by atoms with van der Waals surface area (Å²) < 4.78 is 0.154. The highest BCUT2D eigenvalue weighted by molar-refractivity contribution is 9.10. The molecule has 0 spiro atoms. The van der Waals surface area contributed by atoms with Gasteiger partial charge < -0.3 is 11.1 Å². The Morgan fingerprint density at radius 3 is 2.46 bits per heavy atom. The molecule has 4 fully saturated rings. The van der Waals surface area contributed by atoms with Crippen molar-refractivity contribution in [2.24, 2.45) is 23.0 Å². The molecule has 24 heavy (non-hydrogen) atoms. The van der Waals surface area contributed by atoms with E-state index < -0.39 is 0 Å². The van der Waals surface area contributed by atoms with Gasteiger partial charge in [0.1, 0.15) is 0 Å². The number of primary amides is 1. The van der Waals surface area contributed by atoms with Gasteiger partial charge in [-0.15, -0.1) is 0 Å². The first-order valence-corrected chi connectivity index (χ1v) is 9.53. The van der Waals surface area contributed by atoms with Gasteiger partial charge in [-0.3, -0.25) is 9.59 Å². The van der Waals surface area contributed by atoms with Gasteiger partial charge in [0.25, 0.3) is 0 Å². The number of nitrogens with two attached hydrogens (primary N) is 1. The van der Waals surface area contributed by atoms with Gasteiger partial charge in [0.2, 0.25) is 11.8 Å². The van der Waals surface area contributed by atoms with Gasteiger partial charge in [-0.25, -0.2) is 0 Å². The van der Waals surface area contributed by atoms with E-state index in [9.17, 15) is 9.59 Å². The number of hydrogen-bond donors (Lipinski definition) is 2. The van der Waals surface area contributed by atoms with Crippen molar-refractivity contribution in [3.05, 3.63) is 29.8 Å². The molecule has 1 aromatic carbocycles. The van der Waals surface area contributed by atoms with Crippen molar-refractivity contribution >= 4 is 33.4 Å². The standard InChI is InChI=1S/C19H23BrN2O2/c20-19-9-12-5-13(10-19)8-18(7-12,11-19)17(24)22-15-4-2-1-3-14(15)6-16(21)23/h1-4,12-13H,5-11H2,(H2,21,23)(H,22,24). The number of carbonyl (C=O) groups is 2. The van der Waals surface area contributed by atoms with Crippen LogP contribution >= 0.6 is 15.9 Å². The van der Waals surface area contributed by atoms with Crippen LogP contribution < -0.4 is 11.1 Å². The lowest BCUT2D eigenvalue weighted by Crippen LogP contribution is -2.57. The smallest absolute Gasteiger partial charge is 0.230 e. The van der Waals surface area contributed by atoms with E-state index in [2.05, 4.69) is 21.2 Å². The average molecular weight is 391 g/mol. The number of amides is 2. The zero-order valence-electron chi connectivity index (χ0n) is 13.7. The van der Waals surface area contributed by atoms with E-state index in [0.29, 0.717) is 11.8 Å². The van der Waals surface area contributed by atoms with E-state index in [1.165, 1.54) is 19.3 Å². The van der Waals surface area contributed by atoms with Gasteiger partial charge in [-0.1, -0.05) is 34.1 Å². The first kappa shape index (κ1) is 16.1. The van der Waals surface area contributed by atoms with Crippen LogP contribution in [0.2, 0.25) is 0 Å². The summed E-state index contributed by atoms with van der Waals surface area (Å²) in [5.74, 6) is 1.07. The van der Waals surface area contributed by atoms with Crippen LogP contribution in [0.25, 0.3) is 0 Å². The van der Waals surface area contributed by atoms with Crippen molar-refractivity contribution in [1.82, 2.24) is 0 Å². The number of hydrogen-bond acceptors (Lipinski definition) is 2. The van der Waals surface area contributed by atoms with Crippen molar-refractivity contribution in [2.75, 3.05) is 5.32 Å². The Bertz CT molecular complexity index is 688. The number of rotatable bonds is 4. The molecule has 5 heteroatoms. The van der Waals surface area contributed by atoms with Crippen LogP contribution in [-0.4, -0.2) is 16.1 Å². The molecule has 128 valence electrons. The molecule has 2 unspecified atom stereocenters. The predicted octanol–water partition coefficient (Wildman–Crippen LogP) is 3.39. The van der Waals surface area contributed by atoms with Crippen molar-refractivity contribution < 1.29 is 9.59 Å². The van der Waals surface area contributed by atoms with Crippen LogP contribution in [0.15, 0.2) is 24.3 Å². The lowest BCUT2D eigenvalue weighted by atomic mass is 9.49. The minimum atomic E-state index is -0.383. The monoisotopic (exact) mass is 390 g/mol. The van der Waals surface area contributed by atoms with Crippen LogP contribution in [0.4, 0.5) is 5.69 Å². The Balaban J connectivity index is 1.58. The summed E-state index contributed by atoms with van der Waals surface area (Å²) >= 11 is 3.95. The lowest BCUT2D eigenvalue weighted by Gasteiger charge is -2.59. The average Bonchev–Trinajstić information content (AvgIpc) is 2.46. The van der Waals surface area contributed by atoms with Crippen LogP contribution in [0.3, 0.4) is 0 Å². The second-order valence-electron chi connectivity index (χ2n) is 8.15. The third-order valence-electron chi connectivity index (χ3n) is 6.10. The van der Waals surface area contributed by atoms with Gasteiger partial charge in [-0.05, 0) is 62.0 Å². The molecule has 4 bridgehead atoms. The SMILES string of the molecule is NC(=O)Cc1ccccc1NC(=O)C12CC3CC(CC(Br)(C3)C1)C2. The summed E-state index contributed by atoms with van der Waals surface area (Å²) in [4.78, 5) is 24.5. The lowest BCUT2D eigenvalue weighted by molar-refractivity contribution is -0.138. The molecule has 4 aliphatic rings. The molecule has 1 aromatic rings. The number of para-hydroxylation sites is 1. The fraction of sp³-hybridized carbons (Fsp3) is 0.579. The van der Waals surface area contributed by atoms with E-state index in [4.69, 9.17) is 5.73 Å². The van der Waals surface area contributed by atoms with Crippen LogP contribution in [0.5, 0.6) is 0 Å². The van der Waals surface area contributed by atoms with Crippen LogP contribution in [-0.2, 0) is 16.0 Å². The zero-order valence-corrected chi connectivity index (χ0v) is 15.3. The Hall–Kier alpha value is -1.36. The maximum atomic E-state index is 13.2. The summed E-state index contributed by atoms with van der Waals surface area (Å²) in [5, 5.41) is 3.12. The molecule has 0 aliphatic heterocycles. The fourth-order valence-corrected chi connectivity index (χ4v) is 7.11. The molecule has 4 aliphatic carbocycles. The Morgan fingerprint density at radius 2 is 1.83 bits per heavy atom.